The molecule has 0 aromatic heterocycles. The molecule has 0 aliphatic carbocycles. The van der Waals surface area contributed by atoms with Gasteiger partial charge in [-0.15, -0.1) is 0 Å². The van der Waals surface area contributed by atoms with Crippen LogP contribution in [0.15, 0.2) is 30.3 Å². The second-order valence-corrected chi connectivity index (χ2v) is 7.68. The highest BCUT2D eigenvalue weighted by Crippen LogP contribution is 2.20. The highest BCUT2D eigenvalue weighted by Gasteiger charge is 2.33. The summed E-state index contributed by atoms with van der Waals surface area (Å²) in [6, 6.07) is 2.27. The lowest BCUT2D eigenvalue weighted by Gasteiger charge is -2.30. The van der Waals surface area contributed by atoms with E-state index in [0.29, 0.717) is 18.6 Å². The minimum atomic E-state index is -1.34. The van der Waals surface area contributed by atoms with Crippen LogP contribution in [0.25, 0.3) is 0 Å². The first-order chi connectivity index (χ1) is 15.2. The van der Waals surface area contributed by atoms with E-state index in [1.165, 1.54) is 11.0 Å². The average Bonchev–Trinajstić information content (AvgIpc) is 2.90. The summed E-state index contributed by atoms with van der Waals surface area (Å²) < 4.78 is 68.7. The van der Waals surface area contributed by atoms with Crippen LogP contribution in [-0.4, -0.2) is 41.9 Å². The van der Waals surface area contributed by atoms with Crippen molar-refractivity contribution >= 4 is 11.8 Å². The van der Waals surface area contributed by atoms with E-state index >= 15 is 0 Å². The predicted octanol–water partition coefficient (Wildman–Crippen LogP) is 2.60. The molecule has 2 amide bonds. The number of rotatable bonds is 6. The first kappa shape index (κ1) is 23.6. The Hall–Kier alpha value is -3.01. The van der Waals surface area contributed by atoms with E-state index in [1.54, 1.807) is 0 Å². The van der Waals surface area contributed by atoms with Crippen molar-refractivity contribution in [1.29, 1.82) is 0 Å². The number of amides is 2. The molecule has 1 heterocycles. The van der Waals surface area contributed by atoms with Gasteiger partial charge in [-0.3, -0.25) is 9.59 Å². The first-order valence-electron chi connectivity index (χ1n) is 10.1. The van der Waals surface area contributed by atoms with Gasteiger partial charge in [-0.25, -0.2) is 22.0 Å². The third-order valence-electron chi connectivity index (χ3n) is 5.34. The maximum Gasteiger partial charge on any atom is 0.243 e. The van der Waals surface area contributed by atoms with Gasteiger partial charge in [-0.05, 0) is 36.6 Å². The molecule has 10 heteroatoms. The summed E-state index contributed by atoms with van der Waals surface area (Å²) in [6.45, 7) is 0.426. The van der Waals surface area contributed by atoms with Crippen LogP contribution in [0, 0.1) is 29.1 Å². The van der Waals surface area contributed by atoms with Crippen molar-refractivity contribution < 1.29 is 31.5 Å². The third kappa shape index (κ3) is 5.42. The van der Waals surface area contributed by atoms with Crippen LogP contribution in [0.1, 0.15) is 24.0 Å². The number of nitrogens with two attached hydrogens (primary N) is 1. The number of nitrogens with zero attached hydrogens (tertiary/aromatic N) is 1. The molecule has 2 aromatic rings. The second kappa shape index (κ2) is 10.1. The smallest absolute Gasteiger partial charge is 0.243 e. The molecule has 0 spiro atoms. The highest BCUT2D eigenvalue weighted by molar-refractivity contribution is 5.88. The van der Waals surface area contributed by atoms with Gasteiger partial charge < -0.3 is 16.0 Å². The summed E-state index contributed by atoms with van der Waals surface area (Å²) >= 11 is 0. The molecule has 1 unspecified atom stereocenters. The zero-order valence-electron chi connectivity index (χ0n) is 17.0. The van der Waals surface area contributed by atoms with Gasteiger partial charge in [0.2, 0.25) is 11.8 Å². The van der Waals surface area contributed by atoms with Crippen molar-refractivity contribution in [2.75, 3.05) is 13.1 Å². The molecule has 0 bridgehead atoms. The van der Waals surface area contributed by atoms with E-state index in [1.807, 2.05) is 0 Å². The fraction of sp³-hybridized carbons (Fsp3) is 0.364. The lowest BCUT2D eigenvalue weighted by atomic mass is 10.00. The zero-order valence-corrected chi connectivity index (χ0v) is 17.0. The van der Waals surface area contributed by atoms with Gasteiger partial charge in [0.1, 0.15) is 23.5 Å². The number of benzene rings is 2. The van der Waals surface area contributed by atoms with Crippen LogP contribution in [-0.2, 0) is 22.4 Å². The molecule has 5 nitrogen and oxygen atoms in total. The van der Waals surface area contributed by atoms with Crippen molar-refractivity contribution in [3.05, 3.63) is 70.5 Å². The Balaban J connectivity index is 1.76. The Bertz CT molecular complexity index is 997. The van der Waals surface area contributed by atoms with E-state index in [9.17, 15) is 31.5 Å². The maximum absolute atomic E-state index is 14.1. The summed E-state index contributed by atoms with van der Waals surface area (Å²) in [7, 11) is 0. The van der Waals surface area contributed by atoms with Crippen LogP contribution in [0.5, 0.6) is 0 Å². The summed E-state index contributed by atoms with van der Waals surface area (Å²) in [6.07, 6.45) is -0.534. The molecule has 1 fully saturated rings. The second-order valence-electron chi connectivity index (χ2n) is 7.68. The normalized spacial score (nSPS) is 17.6. The molecule has 0 radical (unpaired) electrons. The van der Waals surface area contributed by atoms with Gasteiger partial charge in [-0.2, -0.15) is 0 Å². The first-order valence-corrected chi connectivity index (χ1v) is 10.1. The lowest BCUT2D eigenvalue weighted by Crippen LogP contribution is -2.50. The van der Waals surface area contributed by atoms with Crippen LogP contribution in [0.2, 0.25) is 0 Å². The Morgan fingerprint density at radius 3 is 2.41 bits per heavy atom. The monoisotopic (exact) mass is 455 g/mol. The van der Waals surface area contributed by atoms with Crippen molar-refractivity contribution in [3.8, 4) is 0 Å². The number of nitrogens with one attached hydrogen (secondary N) is 1. The molecule has 3 N–H and O–H groups in total. The topological polar surface area (TPSA) is 75.4 Å². The molecule has 32 heavy (non-hydrogen) atoms. The van der Waals surface area contributed by atoms with Crippen LogP contribution >= 0.6 is 0 Å². The van der Waals surface area contributed by atoms with E-state index < -0.39 is 53.0 Å². The summed E-state index contributed by atoms with van der Waals surface area (Å²) in [5, 5.41) is 2.62. The fourth-order valence-electron chi connectivity index (χ4n) is 3.71. The van der Waals surface area contributed by atoms with Gasteiger partial charge in [0.15, 0.2) is 11.6 Å². The predicted molar refractivity (Wildman–Crippen MR) is 106 cm³/mol. The minimum absolute atomic E-state index is 0.143. The Morgan fingerprint density at radius 1 is 1.06 bits per heavy atom. The number of carbonyl (C=O) groups excluding carboxylic acids is 2. The van der Waals surface area contributed by atoms with E-state index in [4.69, 9.17) is 5.73 Å². The lowest BCUT2D eigenvalue weighted by molar-refractivity contribution is -0.139. The zero-order chi connectivity index (χ0) is 23.4. The Kier molecular flexibility index (Phi) is 7.44. The van der Waals surface area contributed by atoms with E-state index in [2.05, 4.69) is 5.32 Å². The summed E-state index contributed by atoms with van der Waals surface area (Å²) in [4.78, 5) is 26.7. The molecule has 2 aromatic carbocycles. The van der Waals surface area contributed by atoms with Gasteiger partial charge in [0.25, 0.3) is 0 Å². The quantitative estimate of drug-likeness (QED) is 0.520. The molecule has 1 aliphatic rings. The summed E-state index contributed by atoms with van der Waals surface area (Å²) in [5.74, 6) is -6.36. The standard InChI is InChI=1S/C22H22F5N3O2/c23-15-3-1-4-16(24)14(15)10-20-22(32)29-5-2-6-30(20)21(31)9-13(28)7-12-8-18(26)19(27)11-17(12)25/h1,3-4,8,11,13,20H,2,5-7,9-10,28H2,(H,29,32)/t13-,20?/m1/s1. The molecule has 2 atom stereocenters. The van der Waals surface area contributed by atoms with E-state index in [-0.39, 0.29) is 43.5 Å². The van der Waals surface area contributed by atoms with Crippen LogP contribution in [0.3, 0.4) is 0 Å². The van der Waals surface area contributed by atoms with Crippen LogP contribution < -0.4 is 11.1 Å². The minimum Gasteiger partial charge on any atom is -0.354 e. The molecule has 172 valence electrons. The number of carbonyl (C=O) groups is 2. The average molecular weight is 455 g/mol. The number of hydrogen-bond donors (Lipinski definition) is 2. The highest BCUT2D eigenvalue weighted by atomic mass is 19.2. The molecule has 3 rings (SSSR count). The molecular weight excluding hydrogens is 433 g/mol. The van der Waals surface area contributed by atoms with Crippen molar-refractivity contribution in [2.45, 2.75) is 37.8 Å². The van der Waals surface area contributed by atoms with Crippen molar-refractivity contribution in [1.82, 2.24) is 10.2 Å². The SMILES string of the molecule is N[C@@H](CC(=O)N1CCCNC(=O)C1Cc1c(F)cccc1F)Cc1cc(F)c(F)cc1F. The Labute approximate surface area is 181 Å². The third-order valence-corrected chi connectivity index (χ3v) is 5.34. The van der Waals surface area contributed by atoms with Crippen LogP contribution in [0.4, 0.5) is 22.0 Å². The van der Waals surface area contributed by atoms with Gasteiger partial charge in [0, 0.05) is 43.6 Å². The van der Waals surface area contributed by atoms with Gasteiger partial charge >= 0.3 is 0 Å². The summed E-state index contributed by atoms with van der Waals surface area (Å²) in [5.41, 5.74) is 5.43. The van der Waals surface area contributed by atoms with Gasteiger partial charge in [-0.1, -0.05) is 6.07 Å². The molecule has 0 saturated carbocycles. The van der Waals surface area contributed by atoms with Crippen molar-refractivity contribution in [2.24, 2.45) is 5.73 Å². The number of halogens is 5. The maximum atomic E-state index is 14.1. The molecule has 1 aliphatic heterocycles. The molecular formula is C22H22F5N3O2. The fourth-order valence-corrected chi connectivity index (χ4v) is 3.71. The van der Waals surface area contributed by atoms with Gasteiger partial charge in [0.05, 0.1) is 0 Å². The van der Waals surface area contributed by atoms with Crippen molar-refractivity contribution in [3.63, 3.8) is 0 Å². The molecule has 1 saturated heterocycles. The largest absolute Gasteiger partial charge is 0.354 e. The Morgan fingerprint density at radius 2 is 1.72 bits per heavy atom. The number of hydrogen-bond acceptors (Lipinski definition) is 3. The van der Waals surface area contributed by atoms with E-state index in [0.717, 1.165) is 12.1 Å².